The second kappa shape index (κ2) is 6.40. The molecule has 0 N–H and O–H groups in total. The first-order valence-corrected chi connectivity index (χ1v) is 7.30. The van der Waals surface area contributed by atoms with E-state index in [0.717, 1.165) is 12.8 Å². The molecular weight excluding hydrogens is 252 g/mol. The second-order valence-electron chi connectivity index (χ2n) is 6.30. The van der Waals surface area contributed by atoms with Gasteiger partial charge in [-0.25, -0.2) is 0 Å². The Bertz CT molecular complexity index is 455. The number of hydrogen-bond acceptors (Lipinski definition) is 3. The van der Waals surface area contributed by atoms with E-state index in [1.54, 1.807) is 19.2 Å². The molecule has 0 saturated heterocycles. The van der Waals surface area contributed by atoms with E-state index in [2.05, 4.69) is 13.8 Å². The van der Waals surface area contributed by atoms with E-state index in [1.807, 2.05) is 12.1 Å². The van der Waals surface area contributed by atoms with Crippen molar-refractivity contribution in [3.63, 3.8) is 0 Å². The van der Waals surface area contributed by atoms with Gasteiger partial charge in [0.1, 0.15) is 12.4 Å². The van der Waals surface area contributed by atoms with E-state index in [0.29, 0.717) is 16.7 Å². The highest BCUT2D eigenvalue weighted by Gasteiger charge is 2.27. The number of ketones is 1. The number of rotatable bonds is 5. The summed E-state index contributed by atoms with van der Waals surface area (Å²) in [7, 11) is 1.58. The predicted octanol–water partition coefficient (Wildman–Crippen LogP) is 3.86. The van der Waals surface area contributed by atoms with Crippen molar-refractivity contribution in [2.45, 2.75) is 45.6 Å². The van der Waals surface area contributed by atoms with Crippen LogP contribution < -0.4 is 4.74 Å². The van der Waals surface area contributed by atoms with Gasteiger partial charge < -0.3 is 9.47 Å². The summed E-state index contributed by atoms with van der Waals surface area (Å²) >= 11 is 0. The Kier molecular flexibility index (Phi) is 4.81. The molecule has 1 aromatic rings. The Balaban J connectivity index is 1.87. The summed E-state index contributed by atoms with van der Waals surface area (Å²) in [6.07, 6.45) is 4.65. The summed E-state index contributed by atoms with van der Waals surface area (Å²) in [4.78, 5) is 12.2. The zero-order valence-electron chi connectivity index (χ0n) is 12.6. The monoisotopic (exact) mass is 276 g/mol. The number of hydrogen-bond donors (Lipinski definition) is 0. The number of carbonyl (C=O) groups excluding carboxylic acids is 1. The van der Waals surface area contributed by atoms with Crippen molar-refractivity contribution in [3.05, 3.63) is 29.8 Å². The van der Waals surface area contributed by atoms with Crippen LogP contribution in [0.2, 0.25) is 0 Å². The molecule has 0 atom stereocenters. The molecule has 110 valence electrons. The van der Waals surface area contributed by atoms with Gasteiger partial charge in [0.15, 0.2) is 5.78 Å². The van der Waals surface area contributed by atoms with Crippen LogP contribution in [0.3, 0.4) is 0 Å². The Morgan fingerprint density at radius 3 is 2.55 bits per heavy atom. The Morgan fingerprint density at radius 1 is 1.25 bits per heavy atom. The summed E-state index contributed by atoms with van der Waals surface area (Å²) in [6.45, 7) is 4.73. The minimum Gasteiger partial charge on any atom is -0.496 e. The third kappa shape index (κ3) is 3.83. The molecule has 0 aliphatic heterocycles. The molecule has 20 heavy (non-hydrogen) atoms. The number of Topliss-reactive ketones (excluding diaryl/α,β-unsaturated/α-hetero) is 1. The van der Waals surface area contributed by atoms with Crippen LogP contribution in [0.4, 0.5) is 0 Å². The average molecular weight is 276 g/mol. The Labute approximate surface area is 121 Å². The third-order valence-electron chi connectivity index (χ3n) is 4.14. The van der Waals surface area contributed by atoms with Crippen LogP contribution >= 0.6 is 0 Å². The summed E-state index contributed by atoms with van der Waals surface area (Å²) < 4.78 is 11.0. The maximum absolute atomic E-state index is 12.2. The zero-order valence-corrected chi connectivity index (χ0v) is 12.6. The quantitative estimate of drug-likeness (QED) is 0.766. The molecule has 0 radical (unpaired) electrons. The van der Waals surface area contributed by atoms with E-state index in [9.17, 15) is 4.79 Å². The van der Waals surface area contributed by atoms with Crippen molar-refractivity contribution in [3.8, 4) is 5.75 Å². The maximum Gasteiger partial charge on any atom is 0.192 e. The van der Waals surface area contributed by atoms with Gasteiger partial charge in [0.05, 0.1) is 18.8 Å². The van der Waals surface area contributed by atoms with Gasteiger partial charge in [0, 0.05) is 0 Å². The van der Waals surface area contributed by atoms with E-state index >= 15 is 0 Å². The smallest absolute Gasteiger partial charge is 0.192 e. The van der Waals surface area contributed by atoms with Crippen molar-refractivity contribution in [2.75, 3.05) is 13.7 Å². The molecule has 1 aromatic carbocycles. The van der Waals surface area contributed by atoms with E-state index in [-0.39, 0.29) is 18.5 Å². The van der Waals surface area contributed by atoms with Crippen LogP contribution in [0.1, 0.15) is 49.9 Å². The molecule has 1 aliphatic rings. The van der Waals surface area contributed by atoms with Crippen molar-refractivity contribution >= 4 is 5.78 Å². The lowest BCUT2D eigenvalue weighted by atomic mass is 9.76. The zero-order chi connectivity index (χ0) is 14.6. The van der Waals surface area contributed by atoms with Gasteiger partial charge in [-0.2, -0.15) is 0 Å². The molecule has 0 bridgehead atoms. The molecule has 1 saturated carbocycles. The molecule has 0 spiro atoms. The largest absolute Gasteiger partial charge is 0.496 e. The Hall–Kier alpha value is -1.35. The second-order valence-corrected chi connectivity index (χ2v) is 6.30. The summed E-state index contributed by atoms with van der Waals surface area (Å²) in [5.74, 6) is 0.609. The predicted molar refractivity (Wildman–Crippen MR) is 79.3 cm³/mol. The van der Waals surface area contributed by atoms with Crippen LogP contribution in [0.5, 0.6) is 5.75 Å². The van der Waals surface area contributed by atoms with Crippen LogP contribution in [-0.4, -0.2) is 25.6 Å². The van der Waals surface area contributed by atoms with Crippen molar-refractivity contribution in [2.24, 2.45) is 5.41 Å². The highest BCUT2D eigenvalue weighted by molar-refractivity contribution is 5.99. The van der Waals surface area contributed by atoms with E-state index in [1.165, 1.54) is 12.8 Å². The number of benzene rings is 1. The van der Waals surface area contributed by atoms with Gasteiger partial charge in [-0.1, -0.05) is 26.0 Å². The minimum atomic E-state index is -0.00714. The van der Waals surface area contributed by atoms with Gasteiger partial charge in [-0.05, 0) is 43.2 Å². The minimum absolute atomic E-state index is 0.00714. The SMILES string of the molecule is COc1ccccc1C(=O)COC1CCC(C)(C)CC1. The summed E-state index contributed by atoms with van der Waals surface area (Å²) in [6, 6.07) is 7.30. The van der Waals surface area contributed by atoms with E-state index in [4.69, 9.17) is 9.47 Å². The van der Waals surface area contributed by atoms with Gasteiger partial charge in [0.25, 0.3) is 0 Å². The average Bonchev–Trinajstić information content (AvgIpc) is 2.45. The number of para-hydroxylation sites is 1. The number of methoxy groups -OCH3 is 1. The van der Waals surface area contributed by atoms with Gasteiger partial charge in [-0.15, -0.1) is 0 Å². The molecule has 3 heteroatoms. The first-order chi connectivity index (χ1) is 9.52. The topological polar surface area (TPSA) is 35.5 Å². The summed E-state index contributed by atoms with van der Waals surface area (Å²) in [5, 5.41) is 0. The lowest BCUT2D eigenvalue weighted by molar-refractivity contribution is 0.00853. The standard InChI is InChI=1S/C17H24O3/c1-17(2)10-8-13(9-11-17)20-12-15(18)14-6-4-5-7-16(14)19-3/h4-7,13H,8-12H2,1-3H3. The van der Waals surface area contributed by atoms with Crippen molar-refractivity contribution in [1.82, 2.24) is 0 Å². The van der Waals surface area contributed by atoms with Crippen molar-refractivity contribution < 1.29 is 14.3 Å². The molecule has 0 aromatic heterocycles. The number of ether oxygens (including phenoxy) is 2. The van der Waals surface area contributed by atoms with Gasteiger partial charge in [-0.3, -0.25) is 4.79 Å². The van der Waals surface area contributed by atoms with Crippen molar-refractivity contribution in [1.29, 1.82) is 0 Å². The summed E-state index contributed by atoms with van der Waals surface area (Å²) in [5.41, 5.74) is 1.03. The normalized spacial score (nSPS) is 18.8. The highest BCUT2D eigenvalue weighted by Crippen LogP contribution is 2.36. The highest BCUT2D eigenvalue weighted by atomic mass is 16.5. The van der Waals surface area contributed by atoms with Crippen LogP contribution in [0, 0.1) is 5.41 Å². The molecule has 0 unspecified atom stereocenters. The van der Waals surface area contributed by atoms with Gasteiger partial charge >= 0.3 is 0 Å². The van der Waals surface area contributed by atoms with Crippen LogP contribution in [0.25, 0.3) is 0 Å². The molecule has 0 heterocycles. The first kappa shape index (κ1) is 15.0. The fraction of sp³-hybridized carbons (Fsp3) is 0.588. The third-order valence-corrected chi connectivity index (χ3v) is 4.14. The lowest BCUT2D eigenvalue weighted by Crippen LogP contribution is -2.28. The van der Waals surface area contributed by atoms with Crippen LogP contribution in [-0.2, 0) is 4.74 Å². The fourth-order valence-corrected chi connectivity index (χ4v) is 2.69. The lowest BCUT2D eigenvalue weighted by Gasteiger charge is -2.34. The fourth-order valence-electron chi connectivity index (χ4n) is 2.69. The number of carbonyl (C=O) groups is 1. The van der Waals surface area contributed by atoms with E-state index < -0.39 is 0 Å². The molecule has 3 nitrogen and oxygen atoms in total. The molecule has 0 amide bonds. The molecular formula is C17H24O3. The van der Waals surface area contributed by atoms with Crippen LogP contribution in [0.15, 0.2) is 24.3 Å². The maximum atomic E-state index is 12.2. The Morgan fingerprint density at radius 2 is 1.90 bits per heavy atom. The molecule has 2 rings (SSSR count). The first-order valence-electron chi connectivity index (χ1n) is 7.30. The molecule has 1 fully saturated rings. The molecule has 1 aliphatic carbocycles. The van der Waals surface area contributed by atoms with Gasteiger partial charge in [0.2, 0.25) is 0 Å².